The molecule has 2 heterocycles. The number of rotatable bonds is 4. The quantitative estimate of drug-likeness (QED) is 0.613. The van der Waals surface area contributed by atoms with Crippen LogP contribution in [-0.2, 0) is 9.73 Å². The third-order valence-electron chi connectivity index (χ3n) is 5.04. The summed E-state index contributed by atoms with van der Waals surface area (Å²) < 4.78 is 48.0. The van der Waals surface area contributed by atoms with Crippen LogP contribution < -0.4 is 10.2 Å². The van der Waals surface area contributed by atoms with Crippen LogP contribution >= 0.6 is 15.9 Å². The molecule has 1 fully saturated rings. The highest BCUT2D eigenvalue weighted by atomic mass is 79.9. The first-order valence-electron chi connectivity index (χ1n) is 9.41. The average Bonchev–Trinajstić information content (AvgIpc) is 2.84. The molecule has 0 saturated carbocycles. The van der Waals surface area contributed by atoms with Crippen LogP contribution in [-0.4, -0.2) is 40.4 Å². The second-order valence-electron chi connectivity index (χ2n) is 7.45. The van der Waals surface area contributed by atoms with Gasteiger partial charge in [-0.3, -0.25) is 4.79 Å². The summed E-state index contributed by atoms with van der Waals surface area (Å²) in [6.07, 6.45) is 2.71. The van der Waals surface area contributed by atoms with Crippen molar-refractivity contribution in [1.82, 2.24) is 4.98 Å². The van der Waals surface area contributed by atoms with Crippen molar-refractivity contribution in [2.24, 2.45) is 0 Å². The molecule has 30 heavy (non-hydrogen) atoms. The van der Waals surface area contributed by atoms with Crippen LogP contribution in [0.15, 0.2) is 39.8 Å². The van der Waals surface area contributed by atoms with Crippen LogP contribution in [0.5, 0.6) is 0 Å². The molecule has 1 atom stereocenters. The third-order valence-corrected chi connectivity index (χ3v) is 7.00. The Morgan fingerprint density at radius 1 is 1.33 bits per heavy atom. The first kappa shape index (κ1) is 22.6. The van der Waals surface area contributed by atoms with Crippen LogP contribution in [0, 0.1) is 11.7 Å². The first-order chi connectivity index (χ1) is 14.0. The molecule has 2 N–H and O–H groups in total. The van der Waals surface area contributed by atoms with Crippen LogP contribution in [0.2, 0.25) is 0 Å². The molecule has 0 bridgehead atoms. The molecule has 1 aliphatic rings. The normalized spacial score (nSPS) is 18.4. The van der Waals surface area contributed by atoms with Gasteiger partial charge in [-0.15, -0.1) is 0 Å². The molecule has 162 valence electrons. The van der Waals surface area contributed by atoms with Gasteiger partial charge in [0.15, 0.2) is 0 Å². The van der Waals surface area contributed by atoms with Crippen LogP contribution in [0.3, 0.4) is 0 Å². The summed E-state index contributed by atoms with van der Waals surface area (Å²) in [5.41, 5.74) is 1.33. The minimum atomic E-state index is -2.93. The van der Waals surface area contributed by atoms with Gasteiger partial charge < -0.3 is 10.2 Å². The molecule has 10 heteroatoms. The molecule has 2 aromatic rings. The fourth-order valence-corrected chi connectivity index (χ4v) is 4.35. The highest BCUT2D eigenvalue weighted by Crippen LogP contribution is 2.33. The lowest BCUT2D eigenvalue weighted by molar-refractivity contribution is -0.0102. The largest absolute Gasteiger partial charge is 0.356 e. The highest BCUT2D eigenvalue weighted by Gasteiger charge is 2.33. The number of hydrogen-bond acceptors (Lipinski definition) is 5. The van der Waals surface area contributed by atoms with Gasteiger partial charge in [0.1, 0.15) is 5.82 Å². The van der Waals surface area contributed by atoms with Gasteiger partial charge in [-0.2, -0.15) is 0 Å². The zero-order valence-corrected chi connectivity index (χ0v) is 19.1. The minimum Gasteiger partial charge on any atom is -0.356 e. The van der Waals surface area contributed by atoms with E-state index in [4.69, 9.17) is 4.78 Å². The van der Waals surface area contributed by atoms with E-state index in [0.29, 0.717) is 45.0 Å². The number of carbonyl (C=O) groups is 1. The predicted molar refractivity (Wildman–Crippen MR) is 117 cm³/mol. The summed E-state index contributed by atoms with van der Waals surface area (Å²) in [7, 11) is -2.93. The molecule has 1 unspecified atom stereocenters. The summed E-state index contributed by atoms with van der Waals surface area (Å²) in [4.78, 5) is 19.6. The number of amides is 1. The van der Waals surface area contributed by atoms with Gasteiger partial charge in [0.05, 0.1) is 15.3 Å². The Kier molecular flexibility index (Phi) is 6.47. The van der Waals surface area contributed by atoms with E-state index >= 15 is 0 Å². The molecule has 1 aliphatic heterocycles. The number of anilines is 2. The van der Waals surface area contributed by atoms with Crippen molar-refractivity contribution in [3.05, 3.63) is 46.1 Å². The van der Waals surface area contributed by atoms with Crippen LogP contribution in [0.25, 0.3) is 0 Å². The van der Waals surface area contributed by atoms with E-state index in [-0.39, 0.29) is 19.4 Å². The summed E-state index contributed by atoms with van der Waals surface area (Å²) in [6, 6.07) is 6.33. The minimum absolute atomic E-state index is 0.105. The van der Waals surface area contributed by atoms with E-state index in [0.717, 1.165) is 0 Å². The van der Waals surface area contributed by atoms with Gasteiger partial charge in [0.25, 0.3) is 5.91 Å². The van der Waals surface area contributed by atoms with Crippen molar-refractivity contribution >= 4 is 43.1 Å². The SMILES string of the molecule is Cc1c(Br)cnc(N2CCCC(F)(F)CC2)c1C(=O)Nc1cccc(S(C)(=N)=O)c1. The van der Waals surface area contributed by atoms with E-state index in [1.54, 1.807) is 36.2 Å². The standard InChI is InChI=1S/C20H23BrF2N4O2S/c1-13-16(21)12-25-18(27-9-4-7-20(22,23)8-10-27)17(13)19(28)26-14-5-3-6-15(11-14)30(2,24)29/h3,5-6,11-12,24H,4,7-10H2,1-2H3,(H,26,28). The number of pyridine rings is 1. The van der Waals surface area contributed by atoms with Crippen molar-refractivity contribution in [2.45, 2.75) is 37.0 Å². The molecule has 0 aliphatic carbocycles. The third kappa shape index (κ3) is 5.15. The number of carbonyl (C=O) groups excluding carboxylic acids is 1. The molecule has 0 radical (unpaired) electrons. The van der Waals surface area contributed by atoms with Crippen molar-refractivity contribution in [1.29, 1.82) is 4.78 Å². The zero-order valence-electron chi connectivity index (χ0n) is 16.7. The zero-order chi connectivity index (χ0) is 22.1. The predicted octanol–water partition coefficient (Wildman–Crippen LogP) is 5.07. The van der Waals surface area contributed by atoms with Crippen molar-refractivity contribution in [3.8, 4) is 0 Å². The van der Waals surface area contributed by atoms with Gasteiger partial charge in [-0.25, -0.2) is 22.8 Å². The molecule has 3 rings (SSSR count). The molecular formula is C20H23BrF2N4O2S. The fourth-order valence-electron chi connectivity index (χ4n) is 3.36. The molecule has 1 aromatic carbocycles. The Labute approximate surface area is 183 Å². The smallest absolute Gasteiger partial charge is 0.259 e. The number of benzene rings is 1. The van der Waals surface area contributed by atoms with Gasteiger partial charge in [0, 0.05) is 53.4 Å². The number of hydrogen-bond donors (Lipinski definition) is 2. The van der Waals surface area contributed by atoms with Gasteiger partial charge >= 0.3 is 0 Å². The molecule has 1 amide bonds. The molecule has 0 spiro atoms. The first-order valence-corrected chi connectivity index (χ1v) is 12.2. The number of nitrogens with zero attached hydrogens (tertiary/aromatic N) is 2. The van der Waals surface area contributed by atoms with E-state index in [9.17, 15) is 17.8 Å². The van der Waals surface area contributed by atoms with Crippen molar-refractivity contribution < 1.29 is 17.8 Å². The van der Waals surface area contributed by atoms with Crippen LogP contribution in [0.4, 0.5) is 20.3 Å². The molecule has 1 saturated heterocycles. The van der Waals surface area contributed by atoms with E-state index < -0.39 is 21.6 Å². The van der Waals surface area contributed by atoms with E-state index in [2.05, 4.69) is 26.2 Å². The lowest BCUT2D eigenvalue weighted by atomic mass is 10.1. The monoisotopic (exact) mass is 500 g/mol. The highest BCUT2D eigenvalue weighted by molar-refractivity contribution is 9.10. The van der Waals surface area contributed by atoms with Crippen molar-refractivity contribution in [3.63, 3.8) is 0 Å². The van der Waals surface area contributed by atoms with Crippen LogP contribution in [0.1, 0.15) is 35.2 Å². The fraction of sp³-hybridized carbons (Fsp3) is 0.400. The lowest BCUT2D eigenvalue weighted by Gasteiger charge is -2.25. The Bertz CT molecular complexity index is 1080. The van der Waals surface area contributed by atoms with E-state index in [1.807, 2.05) is 0 Å². The van der Waals surface area contributed by atoms with Gasteiger partial charge in [-0.05, 0) is 53.0 Å². The Morgan fingerprint density at radius 3 is 2.77 bits per heavy atom. The second kappa shape index (κ2) is 8.58. The van der Waals surface area contributed by atoms with Crippen molar-refractivity contribution in [2.75, 3.05) is 29.6 Å². The molecular weight excluding hydrogens is 478 g/mol. The summed E-state index contributed by atoms with van der Waals surface area (Å²) >= 11 is 3.39. The number of halogens is 3. The summed E-state index contributed by atoms with van der Waals surface area (Å²) in [5.74, 6) is -2.80. The van der Waals surface area contributed by atoms with Gasteiger partial charge in [0.2, 0.25) is 5.92 Å². The topological polar surface area (TPSA) is 86.2 Å². The second-order valence-corrected chi connectivity index (χ2v) is 10.5. The average molecular weight is 501 g/mol. The maximum Gasteiger partial charge on any atom is 0.259 e. The van der Waals surface area contributed by atoms with Gasteiger partial charge in [-0.1, -0.05) is 6.07 Å². The Hall–Kier alpha value is -2.07. The maximum atomic E-state index is 13.8. The summed E-state index contributed by atoms with van der Waals surface area (Å²) in [6.45, 7) is 2.25. The molecule has 6 nitrogen and oxygen atoms in total. The summed E-state index contributed by atoms with van der Waals surface area (Å²) in [5, 5.41) is 2.77. The number of nitrogens with one attached hydrogen (secondary N) is 2. The number of alkyl halides is 2. The number of aromatic nitrogens is 1. The van der Waals surface area contributed by atoms with E-state index in [1.165, 1.54) is 12.3 Å². The maximum absolute atomic E-state index is 13.8. The Morgan fingerprint density at radius 2 is 2.07 bits per heavy atom. The Balaban J connectivity index is 1.95. The molecule has 1 aromatic heterocycles. The lowest BCUT2D eigenvalue weighted by Crippen LogP contribution is -2.30.